The van der Waals surface area contributed by atoms with Gasteiger partial charge >= 0.3 is 12.1 Å². The first kappa shape index (κ1) is 24.0. The lowest BCUT2D eigenvalue weighted by molar-refractivity contribution is -0.143. The largest absolute Gasteiger partial charge is 0.466 e. The number of para-hydroxylation sites is 1. The van der Waals surface area contributed by atoms with E-state index >= 15 is 0 Å². The minimum Gasteiger partial charge on any atom is -0.466 e. The zero-order valence-corrected chi connectivity index (χ0v) is 18.1. The molecule has 0 saturated carbocycles. The zero-order valence-electron chi connectivity index (χ0n) is 18.1. The Balaban J connectivity index is 1.99. The fourth-order valence-electron chi connectivity index (χ4n) is 3.50. The number of ether oxygens (including phenoxy) is 1. The molecule has 0 heterocycles. The molecule has 3 rings (SSSR count). The Morgan fingerprint density at radius 1 is 0.909 bits per heavy atom. The van der Waals surface area contributed by atoms with Crippen molar-refractivity contribution >= 4 is 17.6 Å². The Hall–Kier alpha value is -3.61. The SMILES string of the molecule is CCOC(=O)CCCN(C(=O)c1cccc(C(F)(F)F)c1)c1ccccc1-c1ccccc1. The van der Waals surface area contributed by atoms with E-state index in [0.29, 0.717) is 12.1 Å². The van der Waals surface area contributed by atoms with E-state index in [9.17, 15) is 22.8 Å². The number of hydrogen-bond acceptors (Lipinski definition) is 3. The van der Waals surface area contributed by atoms with Crippen molar-refractivity contribution in [3.05, 3.63) is 90.0 Å². The smallest absolute Gasteiger partial charge is 0.416 e. The molecule has 7 heteroatoms. The molecule has 0 aromatic heterocycles. The molecule has 0 atom stereocenters. The minimum atomic E-state index is -4.56. The van der Waals surface area contributed by atoms with Gasteiger partial charge in [0.05, 0.1) is 17.9 Å². The minimum absolute atomic E-state index is 0.0798. The standard InChI is InChI=1S/C26H24F3NO3/c1-2-33-24(31)16-9-17-30(25(32)20-12-8-13-21(18-20)26(27,28)29)23-15-7-6-14-22(23)19-10-4-3-5-11-19/h3-8,10-15,18H,2,9,16-17H2,1H3. The molecular weight excluding hydrogens is 431 g/mol. The average Bonchev–Trinajstić information content (AvgIpc) is 2.82. The number of hydrogen-bond donors (Lipinski definition) is 0. The maximum absolute atomic E-state index is 13.5. The van der Waals surface area contributed by atoms with Crippen LogP contribution in [0.25, 0.3) is 11.1 Å². The maximum Gasteiger partial charge on any atom is 0.416 e. The Bertz CT molecular complexity index is 1100. The van der Waals surface area contributed by atoms with Gasteiger partial charge < -0.3 is 9.64 Å². The monoisotopic (exact) mass is 455 g/mol. The Morgan fingerprint density at radius 2 is 1.61 bits per heavy atom. The highest BCUT2D eigenvalue weighted by molar-refractivity contribution is 6.08. The number of nitrogens with zero attached hydrogens (tertiary/aromatic N) is 1. The van der Waals surface area contributed by atoms with E-state index < -0.39 is 17.6 Å². The van der Waals surface area contributed by atoms with E-state index in [2.05, 4.69) is 0 Å². The molecule has 0 aliphatic carbocycles. The molecule has 3 aromatic rings. The molecule has 0 fully saturated rings. The topological polar surface area (TPSA) is 46.6 Å². The van der Waals surface area contributed by atoms with E-state index in [4.69, 9.17) is 4.74 Å². The number of carbonyl (C=O) groups is 2. The van der Waals surface area contributed by atoms with Crippen molar-refractivity contribution in [3.8, 4) is 11.1 Å². The summed E-state index contributed by atoms with van der Waals surface area (Å²) in [5.74, 6) is -0.964. The van der Waals surface area contributed by atoms with Crippen LogP contribution < -0.4 is 4.90 Å². The van der Waals surface area contributed by atoms with Gasteiger partial charge in [-0.1, -0.05) is 54.6 Å². The van der Waals surface area contributed by atoms with Crippen molar-refractivity contribution in [1.82, 2.24) is 0 Å². The van der Waals surface area contributed by atoms with Crippen molar-refractivity contribution in [2.75, 3.05) is 18.1 Å². The molecule has 0 aliphatic rings. The lowest BCUT2D eigenvalue weighted by atomic mass is 10.0. The molecule has 3 aromatic carbocycles. The van der Waals surface area contributed by atoms with Gasteiger partial charge in [0.25, 0.3) is 5.91 Å². The third-order valence-electron chi connectivity index (χ3n) is 5.03. The highest BCUT2D eigenvalue weighted by atomic mass is 19.4. The molecule has 0 unspecified atom stereocenters. The van der Waals surface area contributed by atoms with Crippen LogP contribution in [0.4, 0.5) is 18.9 Å². The number of esters is 1. The quantitative estimate of drug-likeness (QED) is 0.371. The molecule has 0 N–H and O–H groups in total. The van der Waals surface area contributed by atoms with Crippen molar-refractivity contribution in [2.24, 2.45) is 0 Å². The summed E-state index contributed by atoms with van der Waals surface area (Å²) < 4.78 is 44.6. The van der Waals surface area contributed by atoms with Gasteiger partial charge in [0.2, 0.25) is 0 Å². The first-order valence-electron chi connectivity index (χ1n) is 10.6. The van der Waals surface area contributed by atoms with Gasteiger partial charge in [0.15, 0.2) is 0 Å². The van der Waals surface area contributed by atoms with Crippen molar-refractivity contribution in [2.45, 2.75) is 25.9 Å². The van der Waals surface area contributed by atoms with E-state index in [0.717, 1.165) is 23.3 Å². The number of halogens is 3. The molecule has 0 bridgehead atoms. The van der Waals surface area contributed by atoms with Crippen LogP contribution in [0.15, 0.2) is 78.9 Å². The molecule has 1 amide bonds. The van der Waals surface area contributed by atoms with Gasteiger partial charge in [0.1, 0.15) is 0 Å². The van der Waals surface area contributed by atoms with Crippen LogP contribution in [0.3, 0.4) is 0 Å². The van der Waals surface area contributed by atoms with Gasteiger partial charge in [0, 0.05) is 24.1 Å². The Kier molecular flexibility index (Phi) is 7.87. The predicted molar refractivity (Wildman–Crippen MR) is 121 cm³/mol. The summed E-state index contributed by atoms with van der Waals surface area (Å²) in [5.41, 5.74) is 1.20. The maximum atomic E-state index is 13.5. The van der Waals surface area contributed by atoms with E-state index in [1.807, 2.05) is 42.5 Å². The molecule has 0 spiro atoms. The van der Waals surface area contributed by atoms with E-state index in [1.165, 1.54) is 17.0 Å². The second-order valence-electron chi connectivity index (χ2n) is 7.33. The van der Waals surface area contributed by atoms with Crippen molar-refractivity contribution in [1.29, 1.82) is 0 Å². The van der Waals surface area contributed by atoms with Crippen LogP contribution in [0.2, 0.25) is 0 Å². The Morgan fingerprint density at radius 3 is 2.30 bits per heavy atom. The third-order valence-corrected chi connectivity index (χ3v) is 5.03. The lowest BCUT2D eigenvalue weighted by Gasteiger charge is -2.26. The normalized spacial score (nSPS) is 11.2. The number of benzene rings is 3. The van der Waals surface area contributed by atoms with Gasteiger partial charge in [-0.05, 0) is 43.2 Å². The number of rotatable bonds is 8. The van der Waals surface area contributed by atoms with Crippen LogP contribution in [-0.2, 0) is 15.7 Å². The molecule has 0 saturated heterocycles. The Labute approximate surface area is 190 Å². The van der Waals surface area contributed by atoms with Crippen LogP contribution in [0, 0.1) is 0 Å². The van der Waals surface area contributed by atoms with Crippen molar-refractivity contribution < 1.29 is 27.5 Å². The molecule has 0 radical (unpaired) electrons. The first-order valence-corrected chi connectivity index (χ1v) is 10.6. The van der Waals surface area contributed by atoms with E-state index in [-0.39, 0.29) is 31.1 Å². The first-order chi connectivity index (χ1) is 15.8. The number of amides is 1. The van der Waals surface area contributed by atoms with Crippen LogP contribution >= 0.6 is 0 Å². The summed E-state index contributed by atoms with van der Waals surface area (Å²) >= 11 is 0. The molecule has 0 aliphatic heterocycles. The highest BCUT2D eigenvalue weighted by Gasteiger charge is 2.31. The number of alkyl halides is 3. The summed E-state index contributed by atoms with van der Waals surface area (Å²) in [7, 11) is 0. The summed E-state index contributed by atoms with van der Waals surface area (Å²) in [6.45, 7) is 2.10. The second-order valence-corrected chi connectivity index (χ2v) is 7.33. The van der Waals surface area contributed by atoms with Gasteiger partial charge in [-0.3, -0.25) is 9.59 Å². The lowest BCUT2D eigenvalue weighted by Crippen LogP contribution is -2.33. The summed E-state index contributed by atoms with van der Waals surface area (Å²) in [4.78, 5) is 26.7. The number of anilines is 1. The summed E-state index contributed by atoms with van der Waals surface area (Å²) in [6, 6.07) is 20.9. The van der Waals surface area contributed by atoms with Gasteiger partial charge in [-0.15, -0.1) is 0 Å². The molecule has 172 valence electrons. The summed E-state index contributed by atoms with van der Waals surface area (Å²) in [5, 5.41) is 0. The highest BCUT2D eigenvalue weighted by Crippen LogP contribution is 2.33. The van der Waals surface area contributed by atoms with Crippen molar-refractivity contribution in [3.63, 3.8) is 0 Å². The molecule has 4 nitrogen and oxygen atoms in total. The van der Waals surface area contributed by atoms with Gasteiger partial charge in [-0.25, -0.2) is 0 Å². The van der Waals surface area contributed by atoms with Crippen LogP contribution in [0.5, 0.6) is 0 Å². The van der Waals surface area contributed by atoms with Crippen LogP contribution in [0.1, 0.15) is 35.7 Å². The predicted octanol–water partition coefficient (Wildman–Crippen LogP) is 6.36. The summed E-state index contributed by atoms with van der Waals surface area (Å²) in [6.07, 6.45) is -4.17. The fraction of sp³-hybridized carbons (Fsp3) is 0.231. The van der Waals surface area contributed by atoms with E-state index in [1.54, 1.807) is 19.1 Å². The van der Waals surface area contributed by atoms with Gasteiger partial charge in [-0.2, -0.15) is 13.2 Å². The van der Waals surface area contributed by atoms with Crippen LogP contribution in [-0.4, -0.2) is 25.0 Å². The molecular formula is C26H24F3NO3. The average molecular weight is 455 g/mol. The zero-order chi connectivity index (χ0) is 23.8. The molecule has 33 heavy (non-hydrogen) atoms. The fourth-order valence-corrected chi connectivity index (χ4v) is 3.50. The number of carbonyl (C=O) groups excluding carboxylic acids is 2. The second kappa shape index (κ2) is 10.8. The third kappa shape index (κ3) is 6.22.